The first-order valence-electron chi connectivity index (χ1n) is 6.49. The Labute approximate surface area is 137 Å². The molecule has 0 saturated heterocycles. The molecule has 0 radical (unpaired) electrons. The number of nitrogens with zero attached hydrogens (tertiary/aromatic N) is 2. The van der Waals surface area contributed by atoms with Gasteiger partial charge in [-0.1, -0.05) is 0 Å². The number of ether oxygens (including phenoxy) is 1. The van der Waals surface area contributed by atoms with Gasteiger partial charge in [-0.15, -0.1) is 0 Å². The standard InChI is InChI=1S/C13H10N4O8/c1-25-11-8(18)5-3-6(9(11)16(21)22)2-4-7-10(17(23)24)12(19)15-13(20)14-7/h2-5,18H,1H3,(H2,14,15,19,20)/b4-2+. The van der Waals surface area contributed by atoms with Crippen LogP contribution in [0.3, 0.4) is 0 Å². The minimum absolute atomic E-state index is 0.0740. The zero-order valence-electron chi connectivity index (χ0n) is 12.5. The average molecular weight is 350 g/mol. The number of nitrogens with one attached hydrogen (secondary N) is 2. The van der Waals surface area contributed by atoms with Crippen LogP contribution in [0.5, 0.6) is 11.5 Å². The number of aromatic nitrogens is 2. The number of methoxy groups -OCH3 is 1. The Balaban J connectivity index is 2.66. The van der Waals surface area contributed by atoms with E-state index in [-0.39, 0.29) is 5.56 Å². The highest BCUT2D eigenvalue weighted by Crippen LogP contribution is 2.39. The van der Waals surface area contributed by atoms with Crippen LogP contribution in [-0.2, 0) is 0 Å². The highest BCUT2D eigenvalue weighted by molar-refractivity contribution is 5.78. The number of benzene rings is 1. The summed E-state index contributed by atoms with van der Waals surface area (Å²) in [6.45, 7) is 0. The van der Waals surface area contributed by atoms with Gasteiger partial charge < -0.3 is 14.8 Å². The Morgan fingerprint density at radius 3 is 2.28 bits per heavy atom. The molecule has 25 heavy (non-hydrogen) atoms. The monoisotopic (exact) mass is 350 g/mol. The van der Waals surface area contributed by atoms with Crippen LogP contribution >= 0.6 is 0 Å². The second-order valence-corrected chi connectivity index (χ2v) is 4.57. The van der Waals surface area contributed by atoms with Gasteiger partial charge in [0.1, 0.15) is 5.69 Å². The number of nitro benzene ring substituents is 1. The number of nitro groups is 2. The van der Waals surface area contributed by atoms with Crippen LogP contribution in [0.15, 0.2) is 21.7 Å². The van der Waals surface area contributed by atoms with E-state index in [0.29, 0.717) is 0 Å². The molecule has 2 rings (SSSR count). The van der Waals surface area contributed by atoms with Crippen molar-refractivity contribution < 1.29 is 19.7 Å². The fraction of sp³-hybridized carbons (Fsp3) is 0.0769. The molecule has 0 aliphatic carbocycles. The maximum atomic E-state index is 11.5. The van der Waals surface area contributed by atoms with Gasteiger partial charge in [0.05, 0.1) is 22.5 Å². The molecule has 0 unspecified atom stereocenters. The van der Waals surface area contributed by atoms with Crippen molar-refractivity contribution in [2.24, 2.45) is 0 Å². The van der Waals surface area contributed by atoms with Crippen molar-refractivity contribution in [2.75, 3.05) is 7.11 Å². The number of aromatic amines is 2. The van der Waals surface area contributed by atoms with E-state index in [1.165, 1.54) is 6.07 Å². The van der Waals surface area contributed by atoms with Crippen molar-refractivity contribution >= 4 is 23.5 Å². The average Bonchev–Trinajstić information content (AvgIpc) is 2.51. The summed E-state index contributed by atoms with van der Waals surface area (Å²) < 4.78 is 4.78. The lowest BCUT2D eigenvalue weighted by Gasteiger charge is -2.06. The summed E-state index contributed by atoms with van der Waals surface area (Å²) in [5, 5.41) is 31.8. The van der Waals surface area contributed by atoms with Gasteiger partial charge in [-0.05, 0) is 24.3 Å². The maximum absolute atomic E-state index is 11.5. The molecular weight excluding hydrogens is 340 g/mol. The van der Waals surface area contributed by atoms with E-state index in [1.807, 2.05) is 0 Å². The van der Waals surface area contributed by atoms with Crippen LogP contribution in [0.25, 0.3) is 12.2 Å². The van der Waals surface area contributed by atoms with Crippen molar-refractivity contribution in [1.82, 2.24) is 9.97 Å². The van der Waals surface area contributed by atoms with Crippen molar-refractivity contribution in [2.45, 2.75) is 0 Å². The summed E-state index contributed by atoms with van der Waals surface area (Å²) in [4.78, 5) is 46.9. The molecule has 12 nitrogen and oxygen atoms in total. The summed E-state index contributed by atoms with van der Waals surface area (Å²) in [5.74, 6) is -0.872. The minimum atomic E-state index is -1.22. The summed E-state index contributed by atoms with van der Waals surface area (Å²) in [5.41, 5.74) is -4.23. The maximum Gasteiger partial charge on any atom is 0.357 e. The summed E-state index contributed by atoms with van der Waals surface area (Å²) in [6, 6.07) is 2.30. The number of aromatic hydroxyl groups is 1. The molecule has 0 amide bonds. The largest absolute Gasteiger partial charge is 0.504 e. The number of phenolic OH excluding ortho intramolecular Hbond substituents is 1. The number of rotatable bonds is 5. The van der Waals surface area contributed by atoms with E-state index in [1.54, 1.807) is 4.98 Å². The number of hydrogen-bond donors (Lipinski definition) is 3. The highest BCUT2D eigenvalue weighted by atomic mass is 16.6. The Morgan fingerprint density at radius 1 is 1.08 bits per heavy atom. The first-order valence-corrected chi connectivity index (χ1v) is 6.49. The molecule has 0 aliphatic heterocycles. The van der Waals surface area contributed by atoms with E-state index in [4.69, 9.17) is 4.74 Å². The summed E-state index contributed by atoms with van der Waals surface area (Å²) >= 11 is 0. The van der Waals surface area contributed by atoms with Crippen molar-refractivity contribution in [3.63, 3.8) is 0 Å². The Bertz CT molecular complexity index is 1000. The third-order valence-corrected chi connectivity index (χ3v) is 3.09. The first kappa shape index (κ1) is 17.4. The van der Waals surface area contributed by atoms with Gasteiger partial charge in [-0.3, -0.25) is 30.0 Å². The lowest BCUT2D eigenvalue weighted by Crippen LogP contribution is -2.25. The van der Waals surface area contributed by atoms with Crippen LogP contribution in [0.1, 0.15) is 11.3 Å². The predicted octanol–water partition coefficient (Wildman–Crippen LogP) is 0.764. The lowest BCUT2D eigenvalue weighted by molar-refractivity contribution is -0.386. The number of hydrogen-bond acceptors (Lipinski definition) is 8. The fourth-order valence-corrected chi connectivity index (χ4v) is 2.07. The molecular formula is C13H10N4O8. The zero-order valence-corrected chi connectivity index (χ0v) is 12.5. The van der Waals surface area contributed by atoms with Gasteiger partial charge in [-0.2, -0.15) is 0 Å². The second-order valence-electron chi connectivity index (χ2n) is 4.57. The number of H-pyrrole nitrogens is 2. The van der Waals surface area contributed by atoms with Gasteiger partial charge in [0, 0.05) is 0 Å². The Kier molecular flexibility index (Phi) is 4.63. The molecule has 0 aliphatic rings. The van der Waals surface area contributed by atoms with Crippen LogP contribution in [0, 0.1) is 20.2 Å². The van der Waals surface area contributed by atoms with Crippen molar-refractivity contribution in [3.05, 3.63) is 64.5 Å². The zero-order chi connectivity index (χ0) is 18.7. The molecule has 0 spiro atoms. The van der Waals surface area contributed by atoms with Gasteiger partial charge in [0.2, 0.25) is 5.75 Å². The van der Waals surface area contributed by atoms with Crippen LogP contribution in [-0.4, -0.2) is 32.0 Å². The SMILES string of the molecule is COc1c(O)ccc(/C=C/c2[nH]c(=O)[nH]c(=O)c2[N+](=O)[O-])c1[N+](=O)[O-]. The Morgan fingerprint density at radius 2 is 1.72 bits per heavy atom. The summed E-state index contributed by atoms with van der Waals surface area (Å²) in [7, 11) is 1.12. The van der Waals surface area contributed by atoms with E-state index >= 15 is 0 Å². The number of phenols is 1. The summed E-state index contributed by atoms with van der Waals surface area (Å²) in [6.07, 6.45) is 2.03. The molecule has 1 aromatic carbocycles. The quantitative estimate of drug-likeness (QED) is 0.521. The van der Waals surface area contributed by atoms with Crippen molar-refractivity contribution in [1.29, 1.82) is 0 Å². The van der Waals surface area contributed by atoms with Gasteiger partial charge in [-0.25, -0.2) is 4.79 Å². The van der Waals surface area contributed by atoms with Crippen LogP contribution in [0.2, 0.25) is 0 Å². The molecule has 2 aromatic rings. The molecule has 1 aromatic heterocycles. The molecule has 1 heterocycles. The molecule has 0 bridgehead atoms. The highest BCUT2D eigenvalue weighted by Gasteiger charge is 2.24. The third kappa shape index (κ3) is 3.36. The predicted molar refractivity (Wildman–Crippen MR) is 84.6 cm³/mol. The lowest BCUT2D eigenvalue weighted by atomic mass is 10.1. The topological polar surface area (TPSA) is 181 Å². The molecule has 130 valence electrons. The molecule has 0 fully saturated rings. The second kappa shape index (κ2) is 6.66. The minimum Gasteiger partial charge on any atom is -0.504 e. The van der Waals surface area contributed by atoms with E-state index in [2.05, 4.69) is 4.98 Å². The smallest absolute Gasteiger partial charge is 0.357 e. The van der Waals surface area contributed by atoms with E-state index < -0.39 is 49.7 Å². The molecule has 0 atom stereocenters. The van der Waals surface area contributed by atoms with Crippen molar-refractivity contribution in [3.8, 4) is 11.5 Å². The molecule has 3 N–H and O–H groups in total. The molecule has 0 saturated carbocycles. The fourth-order valence-electron chi connectivity index (χ4n) is 2.07. The van der Waals surface area contributed by atoms with Gasteiger partial charge in [0.25, 0.3) is 0 Å². The Hall–Kier alpha value is -3.96. The molecule has 12 heteroatoms. The van der Waals surface area contributed by atoms with Crippen LogP contribution in [0.4, 0.5) is 11.4 Å². The van der Waals surface area contributed by atoms with Gasteiger partial charge >= 0.3 is 22.6 Å². The van der Waals surface area contributed by atoms with E-state index in [9.17, 15) is 34.9 Å². The third-order valence-electron chi connectivity index (χ3n) is 3.09. The normalized spacial score (nSPS) is 10.8. The van der Waals surface area contributed by atoms with Crippen LogP contribution < -0.4 is 16.0 Å². The van der Waals surface area contributed by atoms with Gasteiger partial charge in [0.15, 0.2) is 5.75 Å². The van der Waals surface area contributed by atoms with E-state index in [0.717, 1.165) is 25.3 Å². The first-order chi connectivity index (χ1) is 11.8.